The molecule has 3 amide bonds. The summed E-state index contributed by atoms with van der Waals surface area (Å²) in [6, 6.07) is 24.0. The number of fused-ring (bicyclic) bond motifs is 1. The van der Waals surface area contributed by atoms with Crippen LogP contribution in [-0.4, -0.2) is 68.1 Å². The summed E-state index contributed by atoms with van der Waals surface area (Å²) in [7, 11) is 0. The number of anilines is 1. The number of nitrogens with one attached hydrogen (secondary N) is 1. The molecule has 9 heteroatoms. The lowest BCUT2D eigenvalue weighted by Crippen LogP contribution is -2.46. The van der Waals surface area contributed by atoms with Gasteiger partial charge in [-0.05, 0) is 67.1 Å². The lowest BCUT2D eigenvalue weighted by molar-refractivity contribution is -0.115. The fourth-order valence-corrected chi connectivity index (χ4v) is 6.10. The molecule has 5 rings (SSSR count). The van der Waals surface area contributed by atoms with E-state index in [4.69, 9.17) is 5.10 Å². The number of carbonyl (C=O) groups is 3. The molecule has 0 saturated carbocycles. The molecule has 0 aliphatic carbocycles. The molecule has 246 valence electrons. The van der Waals surface area contributed by atoms with Crippen molar-refractivity contribution >= 4 is 23.4 Å². The number of rotatable bonds is 13. The fourth-order valence-electron chi connectivity index (χ4n) is 6.10. The Morgan fingerprint density at radius 3 is 2.28 bits per heavy atom. The lowest BCUT2D eigenvalue weighted by Gasteiger charge is -2.36. The summed E-state index contributed by atoms with van der Waals surface area (Å²) in [6.45, 7) is 7.57. The summed E-state index contributed by atoms with van der Waals surface area (Å²) < 4.78 is 1.64. The number of aromatic nitrogens is 2. The Labute approximate surface area is 277 Å². The third-order valence-corrected chi connectivity index (χ3v) is 8.73. The highest BCUT2D eigenvalue weighted by Crippen LogP contribution is 2.29. The van der Waals surface area contributed by atoms with Gasteiger partial charge in [-0.15, -0.1) is 0 Å². The molecule has 1 aromatic heterocycles. The Balaban J connectivity index is 1.51. The largest absolute Gasteiger partial charge is 0.394 e. The van der Waals surface area contributed by atoms with Crippen LogP contribution in [0.3, 0.4) is 0 Å². The van der Waals surface area contributed by atoms with Crippen molar-refractivity contribution in [1.29, 1.82) is 0 Å². The molecule has 1 aliphatic heterocycles. The molecule has 2 N–H and O–H groups in total. The van der Waals surface area contributed by atoms with E-state index in [9.17, 15) is 19.5 Å². The van der Waals surface area contributed by atoms with Gasteiger partial charge in [0.1, 0.15) is 0 Å². The second-order valence-corrected chi connectivity index (χ2v) is 12.3. The topological polar surface area (TPSA) is 108 Å². The van der Waals surface area contributed by atoms with E-state index in [1.807, 2.05) is 66.4 Å². The van der Waals surface area contributed by atoms with Gasteiger partial charge in [-0.25, -0.2) is 4.68 Å². The van der Waals surface area contributed by atoms with Crippen molar-refractivity contribution in [2.24, 2.45) is 0 Å². The molecule has 9 nitrogen and oxygen atoms in total. The van der Waals surface area contributed by atoms with Gasteiger partial charge in [0.2, 0.25) is 5.91 Å². The van der Waals surface area contributed by atoms with E-state index in [1.165, 1.54) is 0 Å². The smallest absolute Gasteiger partial charge is 0.274 e. The van der Waals surface area contributed by atoms with Crippen molar-refractivity contribution in [3.05, 3.63) is 113 Å². The maximum atomic E-state index is 14.5. The van der Waals surface area contributed by atoms with Crippen LogP contribution in [0.1, 0.15) is 82.8 Å². The molecule has 1 atom stereocenters. The van der Waals surface area contributed by atoms with E-state index in [0.717, 1.165) is 42.4 Å². The Morgan fingerprint density at radius 1 is 0.915 bits per heavy atom. The van der Waals surface area contributed by atoms with Gasteiger partial charge in [-0.3, -0.25) is 14.4 Å². The Kier molecular flexibility index (Phi) is 11.2. The predicted molar refractivity (Wildman–Crippen MR) is 184 cm³/mol. The number of aliphatic hydroxyl groups excluding tert-OH is 1. The van der Waals surface area contributed by atoms with Crippen LogP contribution in [0, 0.1) is 6.92 Å². The van der Waals surface area contributed by atoms with Gasteiger partial charge in [-0.1, -0.05) is 81.3 Å². The molecule has 1 unspecified atom stereocenters. The molecular formula is C38H45N5O4. The SMILES string of the molecule is CCCCN(CCCC)C(=O)c1cc(C)n(-c2ccc(NC(=O)Cc3ccccc3)cc2C(=O)N2Cc3ccccc3CC2CO)n1. The number of aliphatic hydroxyl groups is 1. The zero-order valence-electron chi connectivity index (χ0n) is 27.6. The standard InChI is InChI=1S/C38H45N5O4/c1-4-6-19-41(20-7-5-2)38(47)34-21-27(3)43(40-34)35-18-17-31(39-36(45)22-28-13-9-8-10-14-28)24-33(35)37(46)42-25-30-16-12-11-15-29(30)23-32(42)26-44/h8-18,21,24,32,44H,4-7,19-20,22-23,25-26H2,1-3H3,(H,39,45). The van der Waals surface area contributed by atoms with Gasteiger partial charge in [0.25, 0.3) is 11.8 Å². The number of amides is 3. The van der Waals surface area contributed by atoms with Crippen LogP contribution >= 0.6 is 0 Å². The first-order chi connectivity index (χ1) is 22.8. The Morgan fingerprint density at radius 2 is 1.60 bits per heavy atom. The average Bonchev–Trinajstić information content (AvgIpc) is 3.48. The molecule has 3 aromatic carbocycles. The first kappa shape index (κ1) is 33.6. The lowest BCUT2D eigenvalue weighted by atomic mass is 9.93. The normalized spacial score (nSPS) is 14.0. The van der Waals surface area contributed by atoms with Crippen molar-refractivity contribution in [2.75, 3.05) is 25.0 Å². The van der Waals surface area contributed by atoms with Crippen LogP contribution in [0.4, 0.5) is 5.69 Å². The maximum Gasteiger partial charge on any atom is 0.274 e. The first-order valence-electron chi connectivity index (χ1n) is 16.7. The van der Waals surface area contributed by atoms with Crippen LogP contribution in [0.15, 0.2) is 78.9 Å². The molecule has 0 fully saturated rings. The second kappa shape index (κ2) is 15.7. The first-order valence-corrected chi connectivity index (χ1v) is 16.7. The van der Waals surface area contributed by atoms with Gasteiger partial charge in [0.05, 0.1) is 30.3 Å². The summed E-state index contributed by atoms with van der Waals surface area (Å²) in [5, 5.41) is 18.1. The average molecular weight is 636 g/mol. The minimum absolute atomic E-state index is 0.126. The zero-order valence-corrected chi connectivity index (χ0v) is 27.6. The monoisotopic (exact) mass is 635 g/mol. The molecule has 0 radical (unpaired) electrons. The third kappa shape index (κ3) is 7.97. The molecule has 1 aliphatic rings. The zero-order chi connectivity index (χ0) is 33.3. The minimum atomic E-state index is -0.414. The van der Waals surface area contributed by atoms with Crippen LogP contribution in [-0.2, 0) is 24.2 Å². The van der Waals surface area contributed by atoms with Crippen molar-refractivity contribution in [2.45, 2.75) is 71.9 Å². The van der Waals surface area contributed by atoms with E-state index >= 15 is 0 Å². The number of nitrogens with zero attached hydrogens (tertiary/aromatic N) is 4. The maximum absolute atomic E-state index is 14.5. The van der Waals surface area contributed by atoms with Crippen molar-refractivity contribution in [3.63, 3.8) is 0 Å². The number of unbranched alkanes of at least 4 members (excludes halogenated alkanes) is 2. The molecule has 47 heavy (non-hydrogen) atoms. The quantitative estimate of drug-likeness (QED) is 0.188. The third-order valence-electron chi connectivity index (χ3n) is 8.73. The number of aryl methyl sites for hydroxylation is 1. The van der Waals surface area contributed by atoms with Crippen LogP contribution in [0.2, 0.25) is 0 Å². The van der Waals surface area contributed by atoms with Gasteiger partial charge in [0, 0.05) is 31.0 Å². The van der Waals surface area contributed by atoms with Crippen molar-refractivity contribution < 1.29 is 19.5 Å². The highest BCUT2D eigenvalue weighted by molar-refractivity contribution is 6.01. The van der Waals surface area contributed by atoms with Crippen LogP contribution < -0.4 is 5.32 Å². The predicted octanol–water partition coefficient (Wildman–Crippen LogP) is 5.96. The summed E-state index contributed by atoms with van der Waals surface area (Å²) in [4.78, 5) is 44.7. The second-order valence-electron chi connectivity index (χ2n) is 12.3. The van der Waals surface area contributed by atoms with Crippen LogP contribution in [0.25, 0.3) is 5.69 Å². The summed E-state index contributed by atoms with van der Waals surface area (Å²) in [5.74, 6) is -0.618. The molecule has 2 heterocycles. The van der Waals surface area contributed by atoms with Gasteiger partial charge >= 0.3 is 0 Å². The van der Waals surface area contributed by atoms with E-state index < -0.39 is 6.04 Å². The molecule has 0 saturated heterocycles. The van der Waals surface area contributed by atoms with E-state index in [0.29, 0.717) is 54.4 Å². The van der Waals surface area contributed by atoms with Crippen LogP contribution in [0.5, 0.6) is 0 Å². The molecule has 0 spiro atoms. The van der Waals surface area contributed by atoms with Gasteiger partial charge in [-0.2, -0.15) is 5.10 Å². The number of carbonyl (C=O) groups excluding carboxylic acids is 3. The van der Waals surface area contributed by atoms with Crippen molar-refractivity contribution in [1.82, 2.24) is 19.6 Å². The summed E-state index contributed by atoms with van der Waals surface area (Å²) in [5.41, 5.74) is 5.34. The van der Waals surface area contributed by atoms with E-state index in [1.54, 1.807) is 33.8 Å². The highest BCUT2D eigenvalue weighted by Gasteiger charge is 2.32. The van der Waals surface area contributed by atoms with E-state index in [2.05, 4.69) is 19.2 Å². The Hall–Kier alpha value is -4.76. The highest BCUT2D eigenvalue weighted by atomic mass is 16.3. The molecule has 4 aromatic rings. The van der Waals surface area contributed by atoms with Gasteiger partial charge < -0.3 is 20.2 Å². The number of benzene rings is 3. The number of hydrogen-bond acceptors (Lipinski definition) is 5. The molecule has 0 bridgehead atoms. The minimum Gasteiger partial charge on any atom is -0.394 e. The fraction of sp³-hybridized carbons (Fsp3) is 0.368. The summed E-state index contributed by atoms with van der Waals surface area (Å²) in [6.07, 6.45) is 4.52. The molecular weight excluding hydrogens is 590 g/mol. The summed E-state index contributed by atoms with van der Waals surface area (Å²) >= 11 is 0. The van der Waals surface area contributed by atoms with Crippen molar-refractivity contribution in [3.8, 4) is 5.69 Å². The van der Waals surface area contributed by atoms with E-state index in [-0.39, 0.29) is 30.7 Å². The Bertz CT molecular complexity index is 1690. The number of hydrogen-bond donors (Lipinski definition) is 2. The van der Waals surface area contributed by atoms with Gasteiger partial charge in [0.15, 0.2) is 5.69 Å².